The van der Waals surface area contributed by atoms with Crippen LogP contribution in [0, 0.1) is 0 Å². The molecule has 0 spiro atoms. The Morgan fingerprint density at radius 1 is 0.611 bits per heavy atom. The molecule has 4 heteroatoms. The molecule has 0 aromatic heterocycles. The molecular formula is C14H32B2P2. The molecule has 0 amide bonds. The molecule has 0 aliphatic rings. The molecule has 0 fully saturated rings. The summed E-state index contributed by atoms with van der Waals surface area (Å²) in [4.78, 5) is 0. The van der Waals surface area contributed by atoms with E-state index in [-0.39, 0.29) is 32.7 Å². The van der Waals surface area contributed by atoms with Crippen LogP contribution in [0.2, 0.25) is 0 Å². The van der Waals surface area contributed by atoms with Crippen LogP contribution in [0.15, 0.2) is 0 Å². The fourth-order valence-corrected chi connectivity index (χ4v) is 10.7. The Morgan fingerprint density at radius 2 is 0.889 bits per heavy atom. The summed E-state index contributed by atoms with van der Waals surface area (Å²) < 4.78 is 0. The lowest BCUT2D eigenvalue weighted by Crippen LogP contribution is -2.27. The Balaban J connectivity index is -0.00000112. The van der Waals surface area contributed by atoms with Crippen molar-refractivity contribution in [2.24, 2.45) is 0 Å². The molecule has 1 atom stereocenters. The van der Waals surface area contributed by atoms with Crippen molar-refractivity contribution in [3.63, 3.8) is 0 Å². The highest BCUT2D eigenvalue weighted by Gasteiger charge is 2.36. The van der Waals surface area contributed by atoms with Crippen LogP contribution in [0.3, 0.4) is 0 Å². The zero-order valence-electron chi connectivity index (χ0n) is 14.3. The van der Waals surface area contributed by atoms with Crippen LogP contribution in [0.5, 0.6) is 0 Å². The van der Waals surface area contributed by atoms with Crippen LogP contribution >= 0.6 is 15.8 Å². The normalized spacial score (nSPS) is 14.8. The van der Waals surface area contributed by atoms with Crippen LogP contribution < -0.4 is 0 Å². The third-order valence-corrected chi connectivity index (χ3v) is 11.5. The Hall–Kier alpha value is 0.990. The zero-order valence-corrected chi connectivity index (χ0v) is 16.0. The van der Waals surface area contributed by atoms with Gasteiger partial charge >= 0.3 is 0 Å². The summed E-state index contributed by atoms with van der Waals surface area (Å²) in [5.41, 5.74) is 0. The van der Waals surface area contributed by atoms with E-state index >= 15 is 0 Å². The summed E-state index contributed by atoms with van der Waals surface area (Å²) in [6.07, 6.45) is 0. The van der Waals surface area contributed by atoms with Gasteiger partial charge in [-0.05, 0) is 28.0 Å². The molecule has 0 aliphatic carbocycles. The molecule has 0 bridgehead atoms. The van der Waals surface area contributed by atoms with Gasteiger partial charge in [-0.25, -0.2) is 0 Å². The first-order chi connectivity index (χ1) is 6.76. The summed E-state index contributed by atoms with van der Waals surface area (Å²) in [5.74, 6) is 1.46. The Labute approximate surface area is 123 Å². The van der Waals surface area contributed by atoms with Gasteiger partial charge in [0.1, 0.15) is 0 Å². The topological polar surface area (TPSA) is 0 Å². The summed E-state index contributed by atoms with van der Waals surface area (Å²) in [7, 11) is 0.222. The van der Waals surface area contributed by atoms with Crippen molar-refractivity contribution in [1.29, 1.82) is 0 Å². The van der Waals surface area contributed by atoms with Crippen molar-refractivity contribution in [1.82, 2.24) is 0 Å². The number of hydrogen-bond donors (Lipinski definition) is 0. The fraction of sp³-hybridized carbons (Fsp3) is 1.00. The Morgan fingerprint density at radius 3 is 1.06 bits per heavy atom. The van der Waals surface area contributed by atoms with E-state index in [2.05, 4.69) is 69.0 Å². The lowest BCUT2D eigenvalue weighted by molar-refractivity contribution is 0.708. The lowest BCUT2D eigenvalue weighted by atomic mass is 10.2. The van der Waals surface area contributed by atoms with Crippen molar-refractivity contribution in [3.8, 4) is 0 Å². The van der Waals surface area contributed by atoms with Crippen LogP contribution in [-0.2, 0) is 0 Å². The zero-order chi connectivity index (χ0) is 13.4. The first-order valence-electron chi connectivity index (χ1n) is 6.25. The first kappa shape index (κ1) is 24.0. The molecule has 0 saturated carbocycles. The summed E-state index contributed by atoms with van der Waals surface area (Å²) in [5, 5.41) is 1.47. The summed E-state index contributed by atoms with van der Waals surface area (Å²) in [6, 6.07) is 0. The number of hydrogen-bond acceptors (Lipinski definition) is 0. The van der Waals surface area contributed by atoms with E-state index in [9.17, 15) is 0 Å². The van der Waals surface area contributed by atoms with E-state index in [1.54, 1.807) is 0 Å². The van der Waals surface area contributed by atoms with Gasteiger partial charge in [-0.15, -0.1) is 0 Å². The summed E-state index contributed by atoms with van der Waals surface area (Å²) >= 11 is 0. The van der Waals surface area contributed by atoms with Crippen molar-refractivity contribution in [3.05, 3.63) is 0 Å². The molecule has 6 radical (unpaired) electrons. The predicted octanol–water partition coefficient (Wildman–Crippen LogP) is 5.17. The minimum absolute atomic E-state index is 0. The molecule has 0 aromatic carbocycles. The molecule has 0 nitrogen and oxygen atoms in total. The third-order valence-electron chi connectivity index (χ3n) is 3.12. The second-order valence-corrected chi connectivity index (χ2v) is 15.2. The van der Waals surface area contributed by atoms with Gasteiger partial charge in [-0.2, -0.15) is 0 Å². The average molecular weight is 284 g/mol. The smallest absolute Gasteiger partial charge is 0 e. The molecule has 0 N–H and O–H groups in total. The van der Waals surface area contributed by atoms with E-state index in [0.29, 0.717) is 15.5 Å². The molecule has 18 heavy (non-hydrogen) atoms. The van der Waals surface area contributed by atoms with Gasteiger partial charge in [0.15, 0.2) is 0 Å². The van der Waals surface area contributed by atoms with Gasteiger partial charge in [0.05, 0.1) is 0 Å². The third kappa shape index (κ3) is 8.22. The molecule has 104 valence electrons. The van der Waals surface area contributed by atoms with Gasteiger partial charge in [0, 0.05) is 16.8 Å². The highest BCUT2D eigenvalue weighted by atomic mass is 31.2. The van der Waals surface area contributed by atoms with E-state index in [4.69, 9.17) is 0 Å². The fourth-order valence-electron chi connectivity index (χ4n) is 1.85. The maximum atomic E-state index is 2.49. The molecule has 0 aromatic rings. The molecule has 0 heterocycles. The molecule has 0 aliphatic heterocycles. The minimum atomic E-state index is 0. The van der Waals surface area contributed by atoms with E-state index in [1.165, 1.54) is 5.90 Å². The molecule has 0 rings (SSSR count). The molecule has 0 saturated heterocycles. The molecule has 0 unspecified atom stereocenters. The number of rotatable bonds is 2. The van der Waals surface area contributed by atoms with Crippen LogP contribution in [-0.4, -0.2) is 44.9 Å². The van der Waals surface area contributed by atoms with Crippen LogP contribution in [0.4, 0.5) is 0 Å². The van der Waals surface area contributed by atoms with Gasteiger partial charge in [-0.1, -0.05) is 78.2 Å². The predicted molar refractivity (Wildman–Crippen MR) is 95.4 cm³/mol. The Kier molecular flexibility index (Phi) is 10.3. The minimum Gasteiger partial charge on any atom is -0.0999 e. The second-order valence-electron chi connectivity index (χ2n) is 7.78. The largest absolute Gasteiger partial charge is 0.0999 e. The SMILES string of the molecule is C[P@@](CP(C(C)(C)C)C(C)(C)C)C(C)(C)C.[B].[B]. The van der Waals surface area contributed by atoms with Gasteiger partial charge < -0.3 is 0 Å². The van der Waals surface area contributed by atoms with E-state index in [1.807, 2.05) is 0 Å². The van der Waals surface area contributed by atoms with Gasteiger partial charge in [0.2, 0.25) is 0 Å². The van der Waals surface area contributed by atoms with E-state index in [0.717, 1.165) is 0 Å². The lowest BCUT2D eigenvalue weighted by Gasteiger charge is -2.45. The van der Waals surface area contributed by atoms with Crippen molar-refractivity contribution >= 4 is 32.7 Å². The van der Waals surface area contributed by atoms with E-state index < -0.39 is 0 Å². The van der Waals surface area contributed by atoms with Crippen LogP contribution in [0.1, 0.15) is 62.3 Å². The van der Waals surface area contributed by atoms with Gasteiger partial charge in [-0.3, -0.25) is 0 Å². The Bertz CT molecular complexity index is 207. The van der Waals surface area contributed by atoms with Gasteiger partial charge in [0.25, 0.3) is 0 Å². The second kappa shape index (κ2) is 7.69. The average Bonchev–Trinajstić information content (AvgIpc) is 1.92. The summed E-state index contributed by atoms with van der Waals surface area (Å²) in [6.45, 7) is 24.2. The maximum Gasteiger partial charge on any atom is 0 e. The van der Waals surface area contributed by atoms with Crippen molar-refractivity contribution < 1.29 is 0 Å². The first-order valence-corrected chi connectivity index (χ1v) is 9.75. The quantitative estimate of drug-likeness (QED) is 0.484. The highest BCUT2D eigenvalue weighted by Crippen LogP contribution is 2.66. The molecular weight excluding hydrogens is 252 g/mol. The van der Waals surface area contributed by atoms with Crippen LogP contribution in [0.25, 0.3) is 0 Å². The van der Waals surface area contributed by atoms with Crippen molar-refractivity contribution in [2.75, 3.05) is 12.6 Å². The standard InChI is InChI=1S/C14H32P2.2B/c1-12(2,3)15(10)11-16(13(4,5)6)14(7,8)9;;/h11H2,1-10H3;;/t15-;;/m0../s1. The monoisotopic (exact) mass is 284 g/mol. The van der Waals surface area contributed by atoms with Crippen molar-refractivity contribution in [2.45, 2.75) is 77.8 Å². The maximum absolute atomic E-state index is 2.49. The highest BCUT2D eigenvalue weighted by molar-refractivity contribution is 7.76.